The van der Waals surface area contributed by atoms with Crippen molar-refractivity contribution in [2.75, 3.05) is 25.1 Å². The van der Waals surface area contributed by atoms with Crippen molar-refractivity contribution in [2.24, 2.45) is 5.92 Å². The van der Waals surface area contributed by atoms with Crippen molar-refractivity contribution in [3.8, 4) is 0 Å². The number of nitrogens with zero attached hydrogens (tertiary/aromatic N) is 2. The van der Waals surface area contributed by atoms with Gasteiger partial charge in [-0.25, -0.2) is 18.2 Å². The number of rotatable bonds is 5. The zero-order chi connectivity index (χ0) is 16.3. The van der Waals surface area contributed by atoms with E-state index < -0.39 is 9.84 Å². The third-order valence-corrected chi connectivity index (χ3v) is 5.86. The molecular formula is C14H23N3O3S2. The molecule has 2 amide bonds. The lowest BCUT2D eigenvalue weighted by Gasteiger charge is -2.20. The Hall–Kier alpha value is -1.15. The Morgan fingerprint density at radius 1 is 1.59 bits per heavy atom. The number of aromatic nitrogens is 1. The second-order valence-electron chi connectivity index (χ2n) is 5.88. The quantitative estimate of drug-likeness (QED) is 0.883. The average Bonchev–Trinajstić information content (AvgIpc) is 3.05. The summed E-state index contributed by atoms with van der Waals surface area (Å²) in [6.45, 7) is 5.08. The molecule has 1 aromatic heterocycles. The lowest BCUT2D eigenvalue weighted by Crippen LogP contribution is -2.40. The van der Waals surface area contributed by atoms with E-state index in [-0.39, 0.29) is 23.7 Å². The first kappa shape index (κ1) is 17.2. The van der Waals surface area contributed by atoms with Crippen molar-refractivity contribution < 1.29 is 13.2 Å². The molecule has 0 bridgehead atoms. The molecule has 124 valence electrons. The predicted molar refractivity (Wildman–Crippen MR) is 87.8 cm³/mol. The number of hydrogen-bond donors (Lipinski definition) is 1. The Balaban J connectivity index is 1.87. The standard InChI is InChI=1S/C14H23N3O3S2/c1-4-13-16-12(8-21-13)10(2)15-14(18)17-6-5-11(7-17)9-22(3,19)20/h8,10-11H,4-7,9H2,1-3H3,(H,15,18). The minimum atomic E-state index is -2.99. The van der Waals surface area contributed by atoms with E-state index in [1.165, 1.54) is 6.26 Å². The van der Waals surface area contributed by atoms with Crippen molar-refractivity contribution in [3.63, 3.8) is 0 Å². The summed E-state index contributed by atoms with van der Waals surface area (Å²) in [5.41, 5.74) is 0.877. The normalized spacial score (nSPS) is 20.1. The van der Waals surface area contributed by atoms with Crippen LogP contribution in [-0.4, -0.2) is 49.4 Å². The highest BCUT2D eigenvalue weighted by Gasteiger charge is 2.29. The van der Waals surface area contributed by atoms with Crippen LogP contribution in [0.5, 0.6) is 0 Å². The van der Waals surface area contributed by atoms with Gasteiger partial charge in [-0.2, -0.15) is 0 Å². The number of sulfone groups is 1. The Bertz CT molecular complexity index is 627. The van der Waals surface area contributed by atoms with Crippen LogP contribution in [0.4, 0.5) is 4.79 Å². The number of amides is 2. The van der Waals surface area contributed by atoms with Gasteiger partial charge in [0.05, 0.1) is 22.5 Å². The van der Waals surface area contributed by atoms with Crippen LogP contribution in [0.15, 0.2) is 5.38 Å². The van der Waals surface area contributed by atoms with Gasteiger partial charge in [-0.1, -0.05) is 6.92 Å². The molecular weight excluding hydrogens is 322 g/mol. The highest BCUT2D eigenvalue weighted by atomic mass is 32.2. The molecule has 2 unspecified atom stereocenters. The van der Waals surface area contributed by atoms with Crippen LogP contribution in [0.1, 0.15) is 37.0 Å². The monoisotopic (exact) mass is 345 g/mol. The SMILES string of the molecule is CCc1nc(C(C)NC(=O)N2CCC(CS(C)(=O)=O)C2)cs1. The highest BCUT2D eigenvalue weighted by Crippen LogP contribution is 2.20. The fraction of sp³-hybridized carbons (Fsp3) is 0.714. The minimum absolute atomic E-state index is 0.0435. The van der Waals surface area contributed by atoms with Gasteiger partial charge in [0.2, 0.25) is 0 Å². The van der Waals surface area contributed by atoms with Gasteiger partial charge >= 0.3 is 6.03 Å². The number of carbonyl (C=O) groups excluding carboxylic acids is 1. The van der Waals surface area contributed by atoms with Gasteiger partial charge in [0, 0.05) is 24.7 Å². The van der Waals surface area contributed by atoms with E-state index >= 15 is 0 Å². The number of likely N-dealkylation sites (tertiary alicyclic amines) is 1. The first-order valence-electron chi connectivity index (χ1n) is 7.46. The van der Waals surface area contributed by atoms with Crippen molar-refractivity contribution in [1.29, 1.82) is 0 Å². The van der Waals surface area contributed by atoms with E-state index in [4.69, 9.17) is 0 Å². The first-order valence-corrected chi connectivity index (χ1v) is 10.4. The summed E-state index contributed by atoms with van der Waals surface area (Å²) in [6, 6.07) is -0.285. The molecule has 1 aromatic rings. The molecule has 0 radical (unpaired) electrons. The smallest absolute Gasteiger partial charge is 0.317 e. The topological polar surface area (TPSA) is 79.4 Å². The van der Waals surface area contributed by atoms with Crippen LogP contribution < -0.4 is 5.32 Å². The maximum Gasteiger partial charge on any atom is 0.317 e. The predicted octanol–water partition coefficient (Wildman–Crippen LogP) is 1.84. The molecule has 0 aliphatic carbocycles. The number of nitrogens with one attached hydrogen (secondary N) is 1. The number of carbonyl (C=O) groups is 1. The molecule has 1 aliphatic heterocycles. The summed E-state index contributed by atoms with van der Waals surface area (Å²) in [5, 5.41) is 5.97. The van der Waals surface area contributed by atoms with E-state index in [9.17, 15) is 13.2 Å². The molecule has 2 rings (SSSR count). The maximum absolute atomic E-state index is 12.3. The molecule has 1 fully saturated rings. The fourth-order valence-corrected chi connectivity index (χ4v) is 4.58. The zero-order valence-corrected chi connectivity index (χ0v) is 14.8. The summed E-state index contributed by atoms with van der Waals surface area (Å²) < 4.78 is 22.7. The molecule has 2 atom stereocenters. The van der Waals surface area contributed by atoms with E-state index in [2.05, 4.69) is 17.2 Å². The number of aryl methyl sites for hydroxylation is 1. The Kier molecular flexibility index (Phi) is 5.44. The van der Waals surface area contributed by atoms with Gasteiger partial charge in [0.15, 0.2) is 0 Å². The van der Waals surface area contributed by atoms with Crippen molar-refractivity contribution in [2.45, 2.75) is 32.7 Å². The number of urea groups is 1. The molecule has 8 heteroatoms. The summed E-state index contributed by atoms with van der Waals surface area (Å²) >= 11 is 1.60. The molecule has 0 spiro atoms. The maximum atomic E-state index is 12.3. The highest BCUT2D eigenvalue weighted by molar-refractivity contribution is 7.90. The second kappa shape index (κ2) is 6.95. The lowest BCUT2D eigenvalue weighted by molar-refractivity contribution is 0.204. The minimum Gasteiger partial charge on any atom is -0.330 e. The van der Waals surface area contributed by atoms with Crippen molar-refractivity contribution in [3.05, 3.63) is 16.1 Å². The molecule has 1 N–H and O–H groups in total. The van der Waals surface area contributed by atoms with Crippen LogP contribution in [0.3, 0.4) is 0 Å². The zero-order valence-electron chi connectivity index (χ0n) is 13.2. The summed E-state index contributed by atoms with van der Waals surface area (Å²) in [5.74, 6) is 0.195. The Morgan fingerprint density at radius 2 is 2.32 bits per heavy atom. The third-order valence-electron chi connectivity index (χ3n) is 3.77. The molecule has 2 heterocycles. The van der Waals surface area contributed by atoms with E-state index in [1.54, 1.807) is 16.2 Å². The fourth-order valence-electron chi connectivity index (χ4n) is 2.62. The molecule has 1 saturated heterocycles. The Labute approximate surface area is 135 Å². The summed E-state index contributed by atoms with van der Waals surface area (Å²) in [4.78, 5) is 18.4. The van der Waals surface area contributed by atoms with Crippen LogP contribution in [0.25, 0.3) is 0 Å². The van der Waals surface area contributed by atoms with Crippen molar-refractivity contribution in [1.82, 2.24) is 15.2 Å². The van der Waals surface area contributed by atoms with E-state index in [1.807, 2.05) is 12.3 Å². The van der Waals surface area contributed by atoms with Gasteiger partial charge in [0.1, 0.15) is 9.84 Å². The summed E-state index contributed by atoms with van der Waals surface area (Å²) in [6.07, 6.45) is 2.88. The molecule has 1 aliphatic rings. The van der Waals surface area contributed by atoms with Crippen molar-refractivity contribution >= 4 is 27.2 Å². The molecule has 0 saturated carbocycles. The largest absolute Gasteiger partial charge is 0.330 e. The van der Waals surface area contributed by atoms with Gasteiger partial charge in [-0.3, -0.25) is 0 Å². The number of thiazole rings is 1. The summed E-state index contributed by atoms with van der Waals surface area (Å²) in [7, 11) is -2.99. The third kappa shape index (κ3) is 4.67. The first-order chi connectivity index (χ1) is 10.3. The molecule has 22 heavy (non-hydrogen) atoms. The van der Waals surface area contributed by atoms with E-state index in [0.717, 1.165) is 23.5 Å². The van der Waals surface area contributed by atoms with Gasteiger partial charge in [0.25, 0.3) is 0 Å². The van der Waals surface area contributed by atoms with Crippen LogP contribution in [0.2, 0.25) is 0 Å². The van der Waals surface area contributed by atoms with Gasteiger partial charge < -0.3 is 10.2 Å². The molecule has 6 nitrogen and oxygen atoms in total. The van der Waals surface area contributed by atoms with Gasteiger partial charge in [-0.05, 0) is 25.7 Å². The van der Waals surface area contributed by atoms with E-state index in [0.29, 0.717) is 13.1 Å². The Morgan fingerprint density at radius 3 is 2.91 bits per heavy atom. The molecule has 0 aromatic carbocycles. The van der Waals surface area contributed by atoms with Crippen LogP contribution >= 0.6 is 11.3 Å². The number of hydrogen-bond acceptors (Lipinski definition) is 5. The lowest BCUT2D eigenvalue weighted by atomic mass is 10.2. The van der Waals surface area contributed by atoms with Crippen LogP contribution in [0, 0.1) is 5.92 Å². The van der Waals surface area contributed by atoms with Gasteiger partial charge in [-0.15, -0.1) is 11.3 Å². The second-order valence-corrected chi connectivity index (χ2v) is 9.01. The van der Waals surface area contributed by atoms with Crippen LogP contribution in [-0.2, 0) is 16.3 Å². The average molecular weight is 345 g/mol.